The minimum atomic E-state index is -4.44. The number of thiazole rings is 1. The third-order valence-electron chi connectivity index (χ3n) is 4.14. The average molecular weight is 437 g/mol. The van der Waals surface area contributed by atoms with Crippen LogP contribution in [0.1, 0.15) is 16.1 Å². The molecule has 0 aliphatic heterocycles. The van der Waals surface area contributed by atoms with Crippen LogP contribution in [-0.2, 0) is 17.4 Å². The molecule has 30 heavy (non-hydrogen) atoms. The Kier molecular flexibility index (Phi) is 6.61. The number of halogens is 3. The van der Waals surface area contributed by atoms with Gasteiger partial charge in [-0.25, -0.2) is 9.78 Å². The van der Waals surface area contributed by atoms with Gasteiger partial charge >= 0.3 is 12.1 Å². The molecule has 0 bridgehead atoms. The van der Waals surface area contributed by atoms with E-state index in [1.165, 1.54) is 23.5 Å². The van der Waals surface area contributed by atoms with Gasteiger partial charge in [-0.2, -0.15) is 13.2 Å². The van der Waals surface area contributed by atoms with Gasteiger partial charge in [-0.15, -0.1) is 11.3 Å². The minimum absolute atomic E-state index is 0.0565. The van der Waals surface area contributed by atoms with Crippen LogP contribution in [0.4, 0.5) is 13.2 Å². The van der Waals surface area contributed by atoms with Crippen molar-refractivity contribution in [3.05, 3.63) is 64.0 Å². The molecule has 1 aromatic heterocycles. The van der Waals surface area contributed by atoms with Crippen molar-refractivity contribution in [2.45, 2.75) is 19.5 Å². The van der Waals surface area contributed by atoms with Crippen LogP contribution in [-0.4, -0.2) is 29.3 Å². The summed E-state index contributed by atoms with van der Waals surface area (Å²) in [5, 5.41) is 10.9. The summed E-state index contributed by atoms with van der Waals surface area (Å²) in [4.78, 5) is 14.9. The van der Waals surface area contributed by atoms with E-state index in [1.54, 1.807) is 36.6 Å². The lowest BCUT2D eigenvalue weighted by molar-refractivity contribution is -0.139. The molecule has 0 aliphatic carbocycles. The van der Waals surface area contributed by atoms with Gasteiger partial charge in [0, 0.05) is 17.4 Å². The van der Waals surface area contributed by atoms with Gasteiger partial charge < -0.3 is 14.6 Å². The van der Waals surface area contributed by atoms with Crippen molar-refractivity contribution in [3.63, 3.8) is 0 Å². The molecule has 0 unspecified atom stereocenters. The first-order valence-electron chi connectivity index (χ1n) is 8.93. The second-order valence-corrected chi connectivity index (χ2v) is 7.32. The van der Waals surface area contributed by atoms with Gasteiger partial charge in [0.25, 0.3) is 0 Å². The third-order valence-corrected chi connectivity index (χ3v) is 5.05. The lowest BCUT2D eigenvalue weighted by Crippen LogP contribution is -2.10. The number of aliphatic carboxylic acids is 1. The molecule has 1 N–H and O–H groups in total. The number of alkyl halides is 3. The Balaban J connectivity index is 1.61. The smallest absolute Gasteiger partial charge is 0.417 e. The molecule has 0 amide bonds. The van der Waals surface area contributed by atoms with Crippen LogP contribution in [0.3, 0.4) is 0 Å². The number of benzene rings is 2. The Morgan fingerprint density at radius 3 is 2.63 bits per heavy atom. The highest BCUT2D eigenvalue weighted by Crippen LogP contribution is 2.37. The Labute approximate surface area is 174 Å². The topological polar surface area (TPSA) is 68.7 Å². The fraction of sp³-hybridized carbons (Fsp3) is 0.238. The summed E-state index contributed by atoms with van der Waals surface area (Å²) in [7, 11) is 0. The van der Waals surface area contributed by atoms with Crippen LogP contribution in [0, 0.1) is 6.92 Å². The van der Waals surface area contributed by atoms with Crippen LogP contribution in [0.25, 0.3) is 11.3 Å². The Morgan fingerprint density at radius 1 is 1.17 bits per heavy atom. The molecule has 0 aliphatic rings. The number of ether oxygens (including phenoxy) is 2. The SMILES string of the molecule is Cc1cc(OCCc2nc(-c3ccccc3C(F)(F)F)cs2)ccc1OCC(=O)O. The van der Waals surface area contributed by atoms with Crippen molar-refractivity contribution in [1.29, 1.82) is 0 Å². The highest BCUT2D eigenvalue weighted by atomic mass is 32.1. The van der Waals surface area contributed by atoms with E-state index in [1.807, 2.05) is 0 Å². The monoisotopic (exact) mass is 437 g/mol. The zero-order valence-corrected chi connectivity index (χ0v) is 16.7. The van der Waals surface area contributed by atoms with E-state index in [-0.39, 0.29) is 5.56 Å². The van der Waals surface area contributed by atoms with Gasteiger partial charge in [0.2, 0.25) is 0 Å². The fourth-order valence-corrected chi connectivity index (χ4v) is 3.55. The zero-order valence-electron chi connectivity index (χ0n) is 15.9. The quantitative estimate of drug-likeness (QED) is 0.523. The molecule has 2 aromatic carbocycles. The summed E-state index contributed by atoms with van der Waals surface area (Å²) in [5.41, 5.74) is 0.368. The maximum absolute atomic E-state index is 13.2. The number of hydrogen-bond donors (Lipinski definition) is 1. The Hall–Kier alpha value is -3.07. The Bertz CT molecular complexity index is 1030. The Morgan fingerprint density at radius 2 is 1.93 bits per heavy atom. The molecule has 0 atom stereocenters. The average Bonchev–Trinajstić information content (AvgIpc) is 3.15. The van der Waals surface area contributed by atoms with E-state index in [9.17, 15) is 18.0 Å². The number of hydrogen-bond acceptors (Lipinski definition) is 5. The maximum atomic E-state index is 13.2. The maximum Gasteiger partial charge on any atom is 0.417 e. The van der Waals surface area contributed by atoms with Gasteiger partial charge in [-0.1, -0.05) is 18.2 Å². The molecule has 0 radical (unpaired) electrons. The molecule has 9 heteroatoms. The molecule has 5 nitrogen and oxygen atoms in total. The second-order valence-electron chi connectivity index (χ2n) is 6.38. The van der Waals surface area contributed by atoms with Crippen molar-refractivity contribution in [1.82, 2.24) is 4.98 Å². The van der Waals surface area contributed by atoms with E-state index in [0.29, 0.717) is 35.2 Å². The van der Waals surface area contributed by atoms with Crippen LogP contribution in [0.2, 0.25) is 0 Å². The lowest BCUT2D eigenvalue weighted by Gasteiger charge is -2.11. The molecule has 0 saturated carbocycles. The molecule has 0 saturated heterocycles. The van der Waals surface area contributed by atoms with E-state index in [2.05, 4.69) is 4.98 Å². The predicted molar refractivity (Wildman–Crippen MR) is 106 cm³/mol. The van der Waals surface area contributed by atoms with Crippen LogP contribution in [0.15, 0.2) is 47.8 Å². The number of carbonyl (C=O) groups is 1. The van der Waals surface area contributed by atoms with Crippen LogP contribution >= 0.6 is 11.3 Å². The number of nitrogens with zero attached hydrogens (tertiary/aromatic N) is 1. The largest absolute Gasteiger partial charge is 0.493 e. The van der Waals surface area contributed by atoms with E-state index < -0.39 is 24.3 Å². The van der Waals surface area contributed by atoms with Gasteiger partial charge in [0.05, 0.1) is 22.9 Å². The zero-order chi connectivity index (χ0) is 21.7. The third kappa shape index (κ3) is 5.50. The lowest BCUT2D eigenvalue weighted by atomic mass is 10.1. The fourth-order valence-electron chi connectivity index (χ4n) is 2.77. The van der Waals surface area contributed by atoms with Crippen LogP contribution < -0.4 is 9.47 Å². The van der Waals surface area contributed by atoms with Crippen molar-refractivity contribution in [3.8, 4) is 22.8 Å². The van der Waals surface area contributed by atoms with Crippen molar-refractivity contribution in [2.24, 2.45) is 0 Å². The van der Waals surface area contributed by atoms with Gasteiger partial charge in [-0.3, -0.25) is 0 Å². The summed E-state index contributed by atoms with van der Waals surface area (Å²) in [5.74, 6) is -0.0255. The summed E-state index contributed by atoms with van der Waals surface area (Å²) in [6.07, 6.45) is -4.00. The molecule has 1 heterocycles. The normalized spacial score (nSPS) is 11.3. The summed E-state index contributed by atoms with van der Waals surface area (Å²) in [6.45, 7) is 1.64. The highest BCUT2D eigenvalue weighted by molar-refractivity contribution is 7.09. The first kappa shape index (κ1) is 21.6. The minimum Gasteiger partial charge on any atom is -0.493 e. The molecule has 3 rings (SSSR count). The molecule has 0 spiro atoms. The molecule has 3 aromatic rings. The van der Waals surface area contributed by atoms with Crippen molar-refractivity contribution >= 4 is 17.3 Å². The molecular weight excluding hydrogens is 419 g/mol. The summed E-state index contributed by atoms with van der Waals surface area (Å²) >= 11 is 1.28. The summed E-state index contributed by atoms with van der Waals surface area (Å²) < 4.78 is 50.4. The van der Waals surface area contributed by atoms with Crippen LogP contribution in [0.5, 0.6) is 11.5 Å². The molecular formula is C21H18F3NO4S. The first-order valence-corrected chi connectivity index (χ1v) is 9.81. The van der Waals surface area contributed by atoms with E-state index in [0.717, 1.165) is 11.6 Å². The number of aryl methyl sites for hydroxylation is 1. The van der Waals surface area contributed by atoms with Crippen molar-refractivity contribution in [2.75, 3.05) is 13.2 Å². The second kappa shape index (κ2) is 9.17. The van der Waals surface area contributed by atoms with E-state index >= 15 is 0 Å². The van der Waals surface area contributed by atoms with Gasteiger partial charge in [0.15, 0.2) is 6.61 Å². The number of carboxylic acid groups (broad SMARTS) is 1. The summed E-state index contributed by atoms with van der Waals surface area (Å²) in [6, 6.07) is 10.4. The first-order chi connectivity index (χ1) is 14.2. The number of carboxylic acids is 1. The molecule has 0 fully saturated rings. The number of rotatable bonds is 8. The van der Waals surface area contributed by atoms with E-state index in [4.69, 9.17) is 14.6 Å². The standard InChI is InChI=1S/C21H18F3NO4S/c1-13-10-14(6-7-18(13)29-11-20(26)27)28-9-8-19-25-17(12-30-19)15-4-2-3-5-16(15)21(22,23)24/h2-7,10,12H,8-9,11H2,1H3,(H,26,27). The number of aromatic nitrogens is 1. The highest BCUT2D eigenvalue weighted by Gasteiger charge is 2.33. The van der Waals surface area contributed by atoms with Crippen molar-refractivity contribution < 1.29 is 32.5 Å². The van der Waals surface area contributed by atoms with Gasteiger partial charge in [0.1, 0.15) is 11.5 Å². The van der Waals surface area contributed by atoms with Gasteiger partial charge in [-0.05, 0) is 36.8 Å². The molecule has 158 valence electrons. The predicted octanol–water partition coefficient (Wildman–Crippen LogP) is 5.22.